The quantitative estimate of drug-likeness (QED) is 0.857. The molecule has 2 atom stereocenters. The Morgan fingerprint density at radius 1 is 1.42 bits per heavy atom. The molecule has 0 radical (unpaired) electrons. The summed E-state index contributed by atoms with van der Waals surface area (Å²) >= 11 is 0. The molecule has 1 heterocycles. The highest BCUT2D eigenvalue weighted by Gasteiger charge is 2.21. The summed E-state index contributed by atoms with van der Waals surface area (Å²) in [7, 11) is 0. The number of fused-ring (bicyclic) bond motifs is 1. The number of aryl methyl sites for hydroxylation is 2. The molecule has 24 heavy (non-hydrogen) atoms. The smallest absolute Gasteiger partial charge is 0.234 e. The molecule has 5 heteroatoms. The number of rotatable bonds is 6. The zero-order chi connectivity index (χ0) is 16.9. The van der Waals surface area contributed by atoms with Crippen molar-refractivity contribution in [2.24, 2.45) is 0 Å². The predicted molar refractivity (Wildman–Crippen MR) is 94.7 cm³/mol. The largest absolute Gasteiger partial charge is 0.348 e. The molecule has 5 nitrogen and oxygen atoms in total. The van der Waals surface area contributed by atoms with Crippen LogP contribution in [0.25, 0.3) is 0 Å². The second-order valence-corrected chi connectivity index (χ2v) is 6.73. The van der Waals surface area contributed by atoms with Crippen LogP contribution >= 0.6 is 0 Å². The van der Waals surface area contributed by atoms with Gasteiger partial charge in [0.1, 0.15) is 0 Å². The minimum Gasteiger partial charge on any atom is -0.348 e. The van der Waals surface area contributed by atoms with Gasteiger partial charge in [-0.2, -0.15) is 5.10 Å². The molecule has 3 rings (SSSR count). The van der Waals surface area contributed by atoms with Crippen molar-refractivity contribution in [3.8, 4) is 0 Å². The average molecular weight is 326 g/mol. The van der Waals surface area contributed by atoms with E-state index in [1.807, 2.05) is 24.0 Å². The van der Waals surface area contributed by atoms with Crippen molar-refractivity contribution in [3.63, 3.8) is 0 Å². The Morgan fingerprint density at radius 2 is 2.25 bits per heavy atom. The summed E-state index contributed by atoms with van der Waals surface area (Å²) in [6.07, 6.45) is 7.12. The first-order chi connectivity index (χ1) is 11.6. The van der Waals surface area contributed by atoms with Crippen LogP contribution in [0, 0.1) is 6.92 Å². The number of hydrogen-bond acceptors (Lipinski definition) is 3. The van der Waals surface area contributed by atoms with Crippen molar-refractivity contribution >= 4 is 5.91 Å². The van der Waals surface area contributed by atoms with Crippen LogP contribution in [-0.4, -0.2) is 28.3 Å². The molecule has 128 valence electrons. The lowest BCUT2D eigenvalue weighted by Crippen LogP contribution is -2.41. The first kappa shape index (κ1) is 16.7. The Hall–Kier alpha value is -2.14. The first-order valence-corrected chi connectivity index (χ1v) is 8.71. The Kier molecular flexibility index (Phi) is 5.30. The van der Waals surface area contributed by atoms with E-state index in [0.717, 1.165) is 31.4 Å². The molecule has 1 aliphatic carbocycles. The molecule has 1 aromatic carbocycles. The average Bonchev–Trinajstić information content (AvgIpc) is 2.98. The molecule has 0 bridgehead atoms. The maximum atomic E-state index is 12.3. The fraction of sp³-hybridized carbons (Fsp3) is 0.474. The number of carbonyl (C=O) groups excluding carboxylic acids is 1. The molecule has 0 fully saturated rings. The number of nitrogens with zero attached hydrogens (tertiary/aromatic N) is 2. The van der Waals surface area contributed by atoms with Gasteiger partial charge in [-0.05, 0) is 49.8 Å². The highest BCUT2D eigenvalue weighted by molar-refractivity contribution is 5.78. The van der Waals surface area contributed by atoms with Gasteiger partial charge in [0.2, 0.25) is 5.91 Å². The number of hydrogen-bond donors (Lipinski definition) is 2. The molecule has 0 spiro atoms. The minimum absolute atomic E-state index is 0.0557. The van der Waals surface area contributed by atoms with Gasteiger partial charge in [0.05, 0.1) is 25.3 Å². The summed E-state index contributed by atoms with van der Waals surface area (Å²) in [5.41, 5.74) is 3.79. The van der Waals surface area contributed by atoms with Crippen LogP contribution in [0.15, 0.2) is 36.7 Å². The Labute approximate surface area is 143 Å². The third-order valence-electron chi connectivity index (χ3n) is 4.54. The lowest BCUT2D eigenvalue weighted by atomic mass is 9.88. The molecular formula is C19H26N4O. The molecule has 1 aliphatic rings. The van der Waals surface area contributed by atoms with E-state index in [0.29, 0.717) is 6.54 Å². The van der Waals surface area contributed by atoms with Crippen LogP contribution in [0.3, 0.4) is 0 Å². The molecule has 2 N–H and O–H groups in total. The fourth-order valence-electron chi connectivity index (χ4n) is 3.33. The van der Waals surface area contributed by atoms with Crippen molar-refractivity contribution < 1.29 is 4.79 Å². The normalized spacial score (nSPS) is 18.0. The van der Waals surface area contributed by atoms with E-state index >= 15 is 0 Å². The minimum atomic E-state index is 0.0557. The van der Waals surface area contributed by atoms with Crippen molar-refractivity contribution in [2.45, 2.75) is 51.7 Å². The van der Waals surface area contributed by atoms with Crippen LogP contribution in [0.4, 0.5) is 0 Å². The van der Waals surface area contributed by atoms with Crippen LogP contribution in [0.1, 0.15) is 42.5 Å². The van der Waals surface area contributed by atoms with Gasteiger partial charge >= 0.3 is 0 Å². The van der Waals surface area contributed by atoms with Crippen molar-refractivity contribution in [3.05, 3.63) is 53.3 Å². The summed E-state index contributed by atoms with van der Waals surface area (Å²) in [5, 5.41) is 10.7. The third-order valence-corrected chi connectivity index (χ3v) is 4.54. The summed E-state index contributed by atoms with van der Waals surface area (Å²) < 4.78 is 1.91. The van der Waals surface area contributed by atoms with Gasteiger partial charge < -0.3 is 10.6 Å². The van der Waals surface area contributed by atoms with E-state index in [1.165, 1.54) is 11.1 Å². The Morgan fingerprint density at radius 3 is 3.04 bits per heavy atom. The van der Waals surface area contributed by atoms with Crippen LogP contribution in [-0.2, 0) is 17.8 Å². The predicted octanol–water partition coefficient (Wildman–Crippen LogP) is 2.36. The topological polar surface area (TPSA) is 59.0 Å². The molecule has 0 saturated heterocycles. The molecular weight excluding hydrogens is 300 g/mol. The van der Waals surface area contributed by atoms with E-state index in [2.05, 4.69) is 46.9 Å². The second kappa shape index (κ2) is 7.62. The van der Waals surface area contributed by atoms with Crippen molar-refractivity contribution in [1.82, 2.24) is 20.4 Å². The van der Waals surface area contributed by atoms with Gasteiger partial charge in [0, 0.05) is 12.2 Å². The van der Waals surface area contributed by atoms with Gasteiger partial charge in [-0.1, -0.05) is 24.3 Å². The highest BCUT2D eigenvalue weighted by Crippen LogP contribution is 2.29. The molecule has 2 aromatic rings. The van der Waals surface area contributed by atoms with E-state index in [1.54, 1.807) is 0 Å². The van der Waals surface area contributed by atoms with Crippen LogP contribution in [0.5, 0.6) is 0 Å². The monoisotopic (exact) mass is 326 g/mol. The number of benzene rings is 1. The Balaban J connectivity index is 1.48. The van der Waals surface area contributed by atoms with E-state index in [-0.39, 0.29) is 18.0 Å². The summed E-state index contributed by atoms with van der Waals surface area (Å²) in [6.45, 7) is 5.19. The van der Waals surface area contributed by atoms with Gasteiger partial charge in [-0.3, -0.25) is 9.48 Å². The number of nitrogens with one attached hydrogen (secondary N) is 2. The maximum absolute atomic E-state index is 12.3. The molecule has 0 unspecified atom stereocenters. The van der Waals surface area contributed by atoms with E-state index < -0.39 is 0 Å². The first-order valence-electron chi connectivity index (χ1n) is 8.71. The van der Waals surface area contributed by atoms with Gasteiger partial charge in [0.15, 0.2) is 0 Å². The summed E-state index contributed by atoms with van der Waals surface area (Å²) in [6, 6.07) is 8.76. The molecule has 0 saturated carbocycles. The number of carbonyl (C=O) groups is 1. The standard InChI is InChI=1S/C19H26N4O/c1-14-10-21-23(12-14)13-15(2)20-11-19(24)22-18-9-5-7-16-6-3-4-8-17(16)18/h3-4,6,8,10,12,15,18,20H,5,7,9,11,13H2,1-2H3,(H,22,24)/t15-,18-/m1/s1. The van der Waals surface area contributed by atoms with Crippen LogP contribution < -0.4 is 10.6 Å². The van der Waals surface area contributed by atoms with Crippen LogP contribution in [0.2, 0.25) is 0 Å². The molecule has 0 aliphatic heterocycles. The van der Waals surface area contributed by atoms with Crippen molar-refractivity contribution in [2.75, 3.05) is 6.54 Å². The Bertz CT molecular complexity index is 694. The SMILES string of the molecule is Cc1cnn(C[C@@H](C)NCC(=O)N[C@@H]2CCCc3ccccc32)c1. The molecule has 1 aromatic heterocycles. The maximum Gasteiger partial charge on any atom is 0.234 e. The summed E-state index contributed by atoms with van der Waals surface area (Å²) in [5.74, 6) is 0.0557. The number of amides is 1. The molecule has 1 amide bonds. The van der Waals surface area contributed by atoms with Gasteiger partial charge in [-0.15, -0.1) is 0 Å². The summed E-state index contributed by atoms with van der Waals surface area (Å²) in [4.78, 5) is 12.3. The lowest BCUT2D eigenvalue weighted by molar-refractivity contribution is -0.121. The van der Waals surface area contributed by atoms with E-state index in [9.17, 15) is 4.79 Å². The zero-order valence-electron chi connectivity index (χ0n) is 14.5. The highest BCUT2D eigenvalue weighted by atomic mass is 16.2. The van der Waals surface area contributed by atoms with Crippen molar-refractivity contribution in [1.29, 1.82) is 0 Å². The lowest BCUT2D eigenvalue weighted by Gasteiger charge is -2.26. The van der Waals surface area contributed by atoms with Gasteiger partial charge in [-0.25, -0.2) is 0 Å². The fourth-order valence-corrected chi connectivity index (χ4v) is 3.33. The van der Waals surface area contributed by atoms with Gasteiger partial charge in [0.25, 0.3) is 0 Å². The third kappa shape index (κ3) is 4.23. The number of aromatic nitrogens is 2. The second-order valence-electron chi connectivity index (χ2n) is 6.73. The van der Waals surface area contributed by atoms with E-state index in [4.69, 9.17) is 0 Å². The zero-order valence-corrected chi connectivity index (χ0v) is 14.5.